The first-order valence-electron chi connectivity index (χ1n) is 29.3. The fraction of sp³-hybridized carbons (Fsp3) is 0.661. The van der Waals surface area contributed by atoms with Gasteiger partial charge in [-0.1, -0.05) is 146 Å². The first-order valence-corrected chi connectivity index (χ1v) is 30.1. The number of aliphatic hydroxyl groups excluding tert-OH is 1. The van der Waals surface area contributed by atoms with Crippen molar-refractivity contribution >= 4 is 88.2 Å². The summed E-state index contributed by atoms with van der Waals surface area (Å²) in [5, 5.41) is 37.0. The average molecular weight is 1250 g/mol. The molecule has 27 heteroatoms. The van der Waals surface area contributed by atoms with Crippen LogP contribution in [0.4, 0.5) is 0 Å². The monoisotopic (exact) mass is 1250 g/mol. The number of amides is 11. The molecule has 0 radical (unpaired) electrons. The normalized spacial score (nSPS) is 15.5. The fourth-order valence-electron chi connectivity index (χ4n) is 8.85. The van der Waals surface area contributed by atoms with Crippen LogP contribution < -0.4 is 58.9 Å². The van der Waals surface area contributed by atoms with Crippen LogP contribution in [-0.4, -0.2) is 148 Å². The van der Waals surface area contributed by atoms with Crippen LogP contribution >= 0.6 is 23.2 Å². The molecule has 11 atom stereocenters. The zero-order valence-corrected chi connectivity index (χ0v) is 54.0. The maximum atomic E-state index is 14.6. The van der Waals surface area contributed by atoms with Crippen molar-refractivity contribution in [2.75, 3.05) is 13.2 Å². The lowest BCUT2D eigenvalue weighted by molar-refractivity contribution is -0.138. The zero-order chi connectivity index (χ0) is 65.6. The molecule has 0 unspecified atom stereocenters. The van der Waals surface area contributed by atoms with E-state index in [2.05, 4.69) is 63.1 Å². The van der Waals surface area contributed by atoms with Gasteiger partial charge < -0.3 is 69.0 Å². The third-order valence-corrected chi connectivity index (χ3v) is 15.3. The zero-order valence-electron chi connectivity index (χ0n) is 52.5. The molecule has 86 heavy (non-hydrogen) atoms. The third kappa shape index (κ3) is 23.8. The van der Waals surface area contributed by atoms with Crippen LogP contribution in [0.15, 0.2) is 30.7 Å². The van der Waals surface area contributed by atoms with Crippen molar-refractivity contribution in [3.8, 4) is 0 Å². The first kappa shape index (κ1) is 75.2. The lowest BCUT2D eigenvalue weighted by Gasteiger charge is -2.36. The molecule has 25 nitrogen and oxygen atoms in total. The number of nitrogens with two attached hydrogens (primary N) is 1. The molecule has 0 saturated heterocycles. The maximum Gasteiger partial charge on any atom is 0.253 e. The van der Waals surface area contributed by atoms with Gasteiger partial charge in [-0.15, -0.1) is 0 Å². The molecule has 0 aliphatic heterocycles. The summed E-state index contributed by atoms with van der Waals surface area (Å²) in [6, 6.07) is -7.43. The van der Waals surface area contributed by atoms with Gasteiger partial charge in [-0.2, -0.15) is 0 Å². The molecule has 1 heterocycles. The second kappa shape index (κ2) is 35.1. The standard InChI is InChI=1S/C59H95Cl2N13O12/c1-16-24-64-49(78)40(28-75)69-51(80)38(25-30(4)5)67-52(81)39(26-34-27-63-29-65-34)68-50(79)37(22-23-41(62)76)66-53(82)43(31(6)7)70-54(83)44(32(8)17-2)71-57(86)47(59(13,14)15)74-55(84)45(33(9)18-3)72-56(85)46(58(10,11)12)73-48(77)35-20-19-21-36(60)42(35)61/h19-21,27,29-33,37-40,43-47,75H,16-18,22-26,28H2,1-15H3,(H2,62,76)(H,63,65)(H,64,78)(H,66,82)(H,67,81)(H,68,79)(H,69,80)(H,70,83)(H,71,86)(H,72,85)(H,73,77)(H,74,84)/t32-,33-,37-,38+,39-,40-,43-,44-,45-,46+,47+/m0/s1. The number of nitrogens with one attached hydrogen (secondary N) is 11. The van der Waals surface area contributed by atoms with Gasteiger partial charge in [0.25, 0.3) is 5.91 Å². The van der Waals surface area contributed by atoms with E-state index < -0.39 is 161 Å². The van der Waals surface area contributed by atoms with Gasteiger partial charge in [0.15, 0.2) is 0 Å². The number of H-pyrrole nitrogens is 1. The van der Waals surface area contributed by atoms with E-state index in [0.29, 0.717) is 31.5 Å². The molecule has 0 aliphatic carbocycles. The minimum Gasteiger partial charge on any atom is -0.394 e. The summed E-state index contributed by atoms with van der Waals surface area (Å²) in [7, 11) is 0. The Kier molecular flexibility index (Phi) is 30.7. The van der Waals surface area contributed by atoms with E-state index in [-0.39, 0.29) is 40.8 Å². The lowest BCUT2D eigenvalue weighted by atomic mass is 9.84. The van der Waals surface area contributed by atoms with Crippen molar-refractivity contribution in [1.29, 1.82) is 0 Å². The van der Waals surface area contributed by atoms with Gasteiger partial charge in [-0.05, 0) is 65.9 Å². The number of carbonyl (C=O) groups is 11. The van der Waals surface area contributed by atoms with E-state index in [0.717, 1.165) is 0 Å². The third-order valence-electron chi connectivity index (χ3n) is 14.5. The van der Waals surface area contributed by atoms with Crippen molar-refractivity contribution in [3.05, 3.63) is 52.0 Å². The van der Waals surface area contributed by atoms with E-state index in [4.69, 9.17) is 28.9 Å². The number of primary amides is 1. The molecule has 14 N–H and O–H groups in total. The molecule has 0 aliphatic rings. The molecule has 2 rings (SSSR count). The predicted octanol–water partition coefficient (Wildman–Crippen LogP) is 2.61. The minimum absolute atomic E-state index is 0.00599. The number of benzene rings is 1. The molecular weight excluding hydrogens is 1150 g/mol. The second-order valence-electron chi connectivity index (χ2n) is 24.8. The summed E-state index contributed by atoms with van der Waals surface area (Å²) < 4.78 is 0. The molecule has 0 bridgehead atoms. The minimum atomic E-state index is -1.54. The van der Waals surface area contributed by atoms with Crippen LogP contribution in [0.5, 0.6) is 0 Å². The summed E-state index contributed by atoms with van der Waals surface area (Å²) in [6.45, 7) is 25.6. The number of imidazole rings is 1. The Morgan fingerprint density at radius 1 is 0.593 bits per heavy atom. The topological polar surface area (TPSA) is 383 Å². The molecule has 482 valence electrons. The molecule has 1 aromatic heterocycles. The van der Waals surface area contributed by atoms with Crippen molar-refractivity contribution in [2.24, 2.45) is 40.2 Å². The van der Waals surface area contributed by atoms with E-state index in [1.807, 2.05) is 13.8 Å². The molecule has 0 spiro atoms. The molecular formula is C59H95Cl2N13O12. The number of aliphatic hydroxyl groups is 1. The van der Waals surface area contributed by atoms with E-state index >= 15 is 0 Å². The quantitative estimate of drug-likeness (QED) is 0.0480. The number of aromatic amines is 1. The molecule has 0 saturated carbocycles. The molecule has 11 amide bonds. The Labute approximate surface area is 515 Å². The lowest BCUT2D eigenvalue weighted by Crippen LogP contribution is -2.64. The van der Waals surface area contributed by atoms with E-state index in [1.165, 1.54) is 24.7 Å². The van der Waals surface area contributed by atoms with Crippen LogP contribution in [0.1, 0.15) is 158 Å². The van der Waals surface area contributed by atoms with Crippen LogP contribution in [0.2, 0.25) is 10.0 Å². The van der Waals surface area contributed by atoms with Crippen LogP contribution in [0.25, 0.3) is 0 Å². The van der Waals surface area contributed by atoms with Crippen LogP contribution in [-0.2, 0) is 54.4 Å². The van der Waals surface area contributed by atoms with E-state index in [1.54, 1.807) is 96.1 Å². The van der Waals surface area contributed by atoms with Gasteiger partial charge in [0, 0.05) is 31.3 Å². The molecule has 0 fully saturated rings. The number of halogens is 2. The highest BCUT2D eigenvalue weighted by Crippen LogP contribution is 2.28. The number of aromatic nitrogens is 2. The predicted molar refractivity (Wildman–Crippen MR) is 326 cm³/mol. The smallest absolute Gasteiger partial charge is 0.253 e. The average Bonchev–Trinajstić information content (AvgIpc) is 2.72. The number of hydrogen-bond acceptors (Lipinski definition) is 13. The number of hydrogen-bond donors (Lipinski definition) is 13. The number of carbonyl (C=O) groups excluding carboxylic acids is 11. The first-order chi connectivity index (χ1) is 40.0. The Morgan fingerprint density at radius 3 is 1.55 bits per heavy atom. The summed E-state index contributed by atoms with van der Waals surface area (Å²) in [5.41, 5.74) is 4.05. The Morgan fingerprint density at radius 2 is 1.07 bits per heavy atom. The van der Waals surface area contributed by atoms with Crippen molar-refractivity contribution < 1.29 is 57.8 Å². The number of nitrogens with zero attached hydrogens (tertiary/aromatic N) is 1. The van der Waals surface area contributed by atoms with Gasteiger partial charge in [-0.25, -0.2) is 4.98 Å². The highest BCUT2D eigenvalue weighted by Gasteiger charge is 2.42. The summed E-state index contributed by atoms with van der Waals surface area (Å²) in [6.07, 6.45) is 3.23. The Bertz CT molecular complexity index is 2640. The van der Waals surface area contributed by atoms with Gasteiger partial charge in [0.2, 0.25) is 59.1 Å². The second-order valence-corrected chi connectivity index (χ2v) is 25.6. The van der Waals surface area contributed by atoms with E-state index in [9.17, 15) is 57.8 Å². The highest BCUT2D eigenvalue weighted by atomic mass is 35.5. The summed E-state index contributed by atoms with van der Waals surface area (Å²) in [4.78, 5) is 160. The summed E-state index contributed by atoms with van der Waals surface area (Å²) >= 11 is 12.5. The van der Waals surface area contributed by atoms with Crippen molar-refractivity contribution in [1.82, 2.24) is 63.1 Å². The van der Waals surface area contributed by atoms with Gasteiger partial charge in [0.05, 0.1) is 28.5 Å². The van der Waals surface area contributed by atoms with Crippen molar-refractivity contribution in [2.45, 2.75) is 203 Å². The number of rotatable bonds is 34. The molecule has 1 aromatic carbocycles. The van der Waals surface area contributed by atoms with Gasteiger partial charge in [0.1, 0.15) is 54.4 Å². The van der Waals surface area contributed by atoms with Gasteiger partial charge >= 0.3 is 0 Å². The highest BCUT2D eigenvalue weighted by molar-refractivity contribution is 6.43. The van der Waals surface area contributed by atoms with Crippen LogP contribution in [0.3, 0.4) is 0 Å². The SMILES string of the molecule is CCCNC(=O)[C@H](CO)NC(=O)[C@@H](CC(C)C)NC(=O)[C@H](Cc1cnc[nH]1)NC(=O)[C@H](CCC(N)=O)NC(=O)[C@@H](NC(=O)[C@@H](NC(=O)[C@@H](NC(=O)[C@@H](NC(=O)[C@@H](NC(=O)c1cccc(Cl)c1Cl)C(C)(C)C)[C@@H](C)CC)C(C)(C)C)[C@@H](C)CC)C(C)C. The van der Waals surface area contributed by atoms with Gasteiger partial charge in [-0.3, -0.25) is 52.7 Å². The fourth-order valence-corrected chi connectivity index (χ4v) is 9.24. The molecule has 2 aromatic rings. The van der Waals surface area contributed by atoms with Crippen molar-refractivity contribution in [3.63, 3.8) is 0 Å². The van der Waals surface area contributed by atoms with Crippen LogP contribution in [0, 0.1) is 34.5 Å². The maximum absolute atomic E-state index is 14.6. The summed E-state index contributed by atoms with van der Waals surface area (Å²) in [5.74, 6) is -10.4. The Balaban J connectivity index is 2.47. The largest absolute Gasteiger partial charge is 0.394 e. The Hall–Kier alpha value is -6.86.